The molecule has 0 saturated carbocycles. The molecule has 166 valence electrons. The zero-order valence-electron chi connectivity index (χ0n) is 16.7. The van der Waals surface area contributed by atoms with E-state index in [-0.39, 0.29) is 23.4 Å². The Morgan fingerprint density at radius 2 is 1.87 bits per heavy atom. The van der Waals surface area contributed by atoms with Crippen molar-refractivity contribution in [2.75, 3.05) is 32.9 Å². The minimum Gasteiger partial charge on any atom is -0.481 e. The van der Waals surface area contributed by atoms with Crippen molar-refractivity contribution in [3.05, 3.63) is 46.6 Å². The summed E-state index contributed by atoms with van der Waals surface area (Å²) in [4.78, 5) is 34.7. The lowest BCUT2D eigenvalue weighted by atomic mass is 10.3. The average molecular weight is 470 g/mol. The van der Waals surface area contributed by atoms with E-state index in [4.69, 9.17) is 42.3 Å². The largest absolute Gasteiger partial charge is 0.481 e. The van der Waals surface area contributed by atoms with E-state index in [1.54, 1.807) is 36.1 Å². The van der Waals surface area contributed by atoms with E-state index in [1.807, 2.05) is 0 Å². The quantitative estimate of drug-likeness (QED) is 0.593. The first-order valence-corrected chi connectivity index (χ1v) is 10.2. The van der Waals surface area contributed by atoms with Crippen molar-refractivity contribution in [1.82, 2.24) is 15.4 Å². The summed E-state index contributed by atoms with van der Waals surface area (Å²) in [7, 11) is 0. The van der Waals surface area contributed by atoms with E-state index < -0.39 is 12.0 Å². The molecule has 1 aliphatic heterocycles. The molecule has 1 unspecified atom stereocenters. The number of hydroxylamine groups is 1. The molecule has 1 saturated heterocycles. The van der Waals surface area contributed by atoms with Crippen molar-refractivity contribution in [3.8, 4) is 17.4 Å². The van der Waals surface area contributed by atoms with Crippen LogP contribution < -0.4 is 15.0 Å². The first kappa shape index (κ1) is 23.1. The monoisotopic (exact) mass is 469 g/mol. The maximum atomic E-state index is 12.1. The summed E-state index contributed by atoms with van der Waals surface area (Å²) < 4.78 is 16.4. The standard InChI is InChI=1S/C20H21Cl2N3O6/c1-13(19(27)24-29-12-18(26)25-6-8-28-9-7-25)30-15-2-4-16(5-3-15)31-20-17(22)10-14(21)11-23-20/h2-5,10-11,13H,6-9,12H2,1H3,(H,24,27). The van der Waals surface area contributed by atoms with Crippen LogP contribution in [0.25, 0.3) is 0 Å². The van der Waals surface area contributed by atoms with Crippen LogP contribution in [0.4, 0.5) is 0 Å². The molecule has 0 radical (unpaired) electrons. The number of halogens is 2. The van der Waals surface area contributed by atoms with Gasteiger partial charge in [-0.05, 0) is 37.3 Å². The number of carbonyl (C=O) groups excluding carboxylic acids is 2. The molecule has 2 aromatic rings. The fraction of sp³-hybridized carbons (Fsp3) is 0.350. The third-order valence-electron chi connectivity index (χ3n) is 4.23. The van der Waals surface area contributed by atoms with Crippen LogP contribution in [0, 0.1) is 0 Å². The van der Waals surface area contributed by atoms with Gasteiger partial charge in [-0.1, -0.05) is 23.2 Å². The number of pyridine rings is 1. The number of rotatable bonds is 8. The van der Waals surface area contributed by atoms with Gasteiger partial charge in [0, 0.05) is 19.3 Å². The number of aromatic nitrogens is 1. The molecule has 1 N–H and O–H groups in total. The molecular weight excluding hydrogens is 449 g/mol. The number of morpholine rings is 1. The number of ether oxygens (including phenoxy) is 3. The average Bonchev–Trinajstić information content (AvgIpc) is 2.77. The zero-order chi connectivity index (χ0) is 22.2. The van der Waals surface area contributed by atoms with Crippen LogP contribution in [0.3, 0.4) is 0 Å². The molecule has 1 aliphatic rings. The Morgan fingerprint density at radius 1 is 1.19 bits per heavy atom. The van der Waals surface area contributed by atoms with E-state index in [0.717, 1.165) is 0 Å². The summed E-state index contributed by atoms with van der Waals surface area (Å²) in [6.07, 6.45) is 0.578. The van der Waals surface area contributed by atoms with Crippen LogP contribution in [0.2, 0.25) is 10.0 Å². The van der Waals surface area contributed by atoms with Crippen LogP contribution in [-0.4, -0.2) is 60.7 Å². The summed E-state index contributed by atoms with van der Waals surface area (Å²) in [5, 5.41) is 0.688. The molecule has 11 heteroatoms. The lowest BCUT2D eigenvalue weighted by Crippen LogP contribution is -2.44. The predicted molar refractivity (Wildman–Crippen MR) is 112 cm³/mol. The Kier molecular flexibility index (Phi) is 8.30. The summed E-state index contributed by atoms with van der Waals surface area (Å²) in [6.45, 7) is 3.31. The number of hydrogen-bond donors (Lipinski definition) is 1. The third kappa shape index (κ3) is 6.96. The topological polar surface area (TPSA) is 99.2 Å². The molecule has 31 heavy (non-hydrogen) atoms. The summed E-state index contributed by atoms with van der Waals surface area (Å²) in [6, 6.07) is 8.07. The Morgan fingerprint density at radius 3 is 2.55 bits per heavy atom. The van der Waals surface area contributed by atoms with Gasteiger partial charge < -0.3 is 19.1 Å². The lowest BCUT2D eigenvalue weighted by molar-refractivity contribution is -0.150. The molecule has 1 aromatic carbocycles. The number of nitrogens with zero attached hydrogens (tertiary/aromatic N) is 2. The molecule has 9 nitrogen and oxygen atoms in total. The highest BCUT2D eigenvalue weighted by Gasteiger charge is 2.19. The number of hydrogen-bond acceptors (Lipinski definition) is 7. The van der Waals surface area contributed by atoms with Crippen LogP contribution in [0.1, 0.15) is 6.92 Å². The van der Waals surface area contributed by atoms with Gasteiger partial charge in [0.05, 0.1) is 18.2 Å². The van der Waals surface area contributed by atoms with Gasteiger partial charge in [-0.15, -0.1) is 0 Å². The second-order valence-corrected chi connectivity index (χ2v) is 7.37. The molecular formula is C20H21Cl2N3O6. The molecule has 2 heterocycles. The van der Waals surface area contributed by atoms with Crippen molar-refractivity contribution in [1.29, 1.82) is 0 Å². The highest BCUT2D eigenvalue weighted by molar-refractivity contribution is 6.35. The van der Waals surface area contributed by atoms with Crippen molar-refractivity contribution in [2.45, 2.75) is 13.0 Å². The number of nitrogens with one attached hydrogen (secondary N) is 1. The van der Waals surface area contributed by atoms with Crippen molar-refractivity contribution in [2.24, 2.45) is 0 Å². The van der Waals surface area contributed by atoms with Gasteiger partial charge in [0.15, 0.2) is 12.7 Å². The third-order valence-corrected chi connectivity index (χ3v) is 4.70. The Balaban J connectivity index is 1.43. The maximum absolute atomic E-state index is 12.1. The van der Waals surface area contributed by atoms with Gasteiger partial charge in [0.25, 0.3) is 11.8 Å². The molecule has 0 bridgehead atoms. The van der Waals surface area contributed by atoms with E-state index >= 15 is 0 Å². The Labute approximate surface area is 189 Å². The van der Waals surface area contributed by atoms with Gasteiger partial charge >= 0.3 is 0 Å². The molecule has 1 fully saturated rings. The first-order chi connectivity index (χ1) is 14.9. The second kappa shape index (κ2) is 11.1. The Bertz CT molecular complexity index is 906. The molecule has 0 aliphatic carbocycles. The minimum atomic E-state index is -0.849. The SMILES string of the molecule is CC(Oc1ccc(Oc2ncc(Cl)cc2Cl)cc1)C(=O)NOCC(=O)N1CCOCC1. The molecule has 0 spiro atoms. The number of benzene rings is 1. The number of amides is 2. The van der Waals surface area contributed by atoms with Gasteiger partial charge in [0.1, 0.15) is 16.5 Å². The fourth-order valence-electron chi connectivity index (χ4n) is 2.59. The molecule has 1 atom stereocenters. The van der Waals surface area contributed by atoms with Crippen molar-refractivity contribution in [3.63, 3.8) is 0 Å². The van der Waals surface area contributed by atoms with Crippen LogP contribution >= 0.6 is 23.2 Å². The maximum Gasteiger partial charge on any atom is 0.284 e. The van der Waals surface area contributed by atoms with Gasteiger partial charge in [-0.2, -0.15) is 0 Å². The molecule has 3 rings (SSSR count). The number of carbonyl (C=O) groups is 2. The highest BCUT2D eigenvalue weighted by atomic mass is 35.5. The minimum absolute atomic E-state index is 0.219. The summed E-state index contributed by atoms with van der Waals surface area (Å²) >= 11 is 11.9. The lowest BCUT2D eigenvalue weighted by Gasteiger charge is -2.26. The van der Waals surface area contributed by atoms with E-state index in [2.05, 4.69) is 10.5 Å². The predicted octanol–water partition coefficient (Wildman–Crippen LogP) is 2.85. The normalized spacial score (nSPS) is 14.6. The van der Waals surface area contributed by atoms with Crippen LogP contribution in [0.5, 0.6) is 17.4 Å². The van der Waals surface area contributed by atoms with E-state index in [9.17, 15) is 9.59 Å². The fourth-order valence-corrected chi connectivity index (χ4v) is 3.01. The van der Waals surface area contributed by atoms with Crippen molar-refractivity contribution < 1.29 is 28.6 Å². The second-order valence-electron chi connectivity index (χ2n) is 6.52. The van der Waals surface area contributed by atoms with Gasteiger partial charge in [0.2, 0.25) is 5.88 Å². The Hall–Kier alpha value is -2.59. The first-order valence-electron chi connectivity index (χ1n) is 9.45. The van der Waals surface area contributed by atoms with Crippen LogP contribution in [0.15, 0.2) is 36.5 Å². The van der Waals surface area contributed by atoms with Crippen molar-refractivity contribution >= 4 is 35.0 Å². The van der Waals surface area contributed by atoms with E-state index in [0.29, 0.717) is 42.8 Å². The van der Waals surface area contributed by atoms with Crippen LogP contribution in [-0.2, 0) is 19.2 Å². The zero-order valence-corrected chi connectivity index (χ0v) is 18.2. The molecule has 2 amide bonds. The summed E-state index contributed by atoms with van der Waals surface area (Å²) in [5.74, 6) is 0.396. The summed E-state index contributed by atoms with van der Waals surface area (Å²) in [5.41, 5.74) is 2.23. The molecule has 1 aromatic heterocycles. The highest BCUT2D eigenvalue weighted by Crippen LogP contribution is 2.30. The smallest absolute Gasteiger partial charge is 0.284 e. The van der Waals surface area contributed by atoms with Gasteiger partial charge in [-0.25, -0.2) is 10.5 Å². The van der Waals surface area contributed by atoms with Gasteiger partial charge in [-0.3, -0.25) is 14.4 Å². The van der Waals surface area contributed by atoms with E-state index in [1.165, 1.54) is 12.3 Å².